The highest BCUT2D eigenvalue weighted by molar-refractivity contribution is 7.11. The van der Waals surface area contributed by atoms with Crippen molar-refractivity contribution in [3.63, 3.8) is 0 Å². The molecule has 2 amide bonds. The van der Waals surface area contributed by atoms with Gasteiger partial charge in [0.1, 0.15) is 5.70 Å². The second-order valence-electron chi connectivity index (χ2n) is 6.46. The molecule has 2 heterocycles. The molecule has 0 spiro atoms. The molecule has 0 N–H and O–H groups in total. The van der Waals surface area contributed by atoms with Crippen LogP contribution < -0.4 is 4.90 Å². The fraction of sp³-hybridized carbons (Fsp3) is 0.333. The van der Waals surface area contributed by atoms with Gasteiger partial charge < -0.3 is 9.64 Å². The monoisotopic (exact) mass is 384 g/mol. The van der Waals surface area contributed by atoms with Gasteiger partial charge in [-0.1, -0.05) is 24.3 Å². The maximum absolute atomic E-state index is 13.2. The van der Waals surface area contributed by atoms with E-state index in [0.29, 0.717) is 24.4 Å². The minimum Gasteiger partial charge on any atom is -0.377 e. The minimum absolute atomic E-state index is 0.0541. The van der Waals surface area contributed by atoms with Gasteiger partial charge in [-0.15, -0.1) is 11.3 Å². The maximum Gasteiger partial charge on any atom is 0.278 e. The van der Waals surface area contributed by atoms with Crippen LogP contribution >= 0.6 is 11.3 Å². The van der Waals surface area contributed by atoms with Crippen molar-refractivity contribution in [1.82, 2.24) is 4.90 Å². The lowest BCUT2D eigenvalue weighted by atomic mass is 10.1. The zero-order valence-corrected chi connectivity index (χ0v) is 16.7. The van der Waals surface area contributed by atoms with Gasteiger partial charge in [-0.2, -0.15) is 0 Å². The highest BCUT2D eigenvalue weighted by Crippen LogP contribution is 2.35. The molecular weight excluding hydrogens is 360 g/mol. The molecule has 0 radical (unpaired) electrons. The van der Waals surface area contributed by atoms with Crippen LogP contribution in [0.3, 0.4) is 0 Å². The van der Waals surface area contributed by atoms with Crippen LogP contribution in [0, 0.1) is 0 Å². The highest BCUT2D eigenvalue weighted by atomic mass is 32.1. The summed E-state index contributed by atoms with van der Waals surface area (Å²) < 4.78 is 5.56. The quantitative estimate of drug-likeness (QED) is 0.650. The second-order valence-corrected chi connectivity index (χ2v) is 7.41. The van der Waals surface area contributed by atoms with Gasteiger partial charge >= 0.3 is 0 Å². The van der Waals surface area contributed by atoms with Crippen molar-refractivity contribution >= 4 is 34.4 Å². The van der Waals surface area contributed by atoms with Gasteiger partial charge in [0, 0.05) is 17.1 Å². The SMILES string of the molecule is CCN(C1=C(c2cccs2)C(=O)N(CCOC(C)C)C1=O)c1ccccc1. The molecule has 0 bridgehead atoms. The van der Waals surface area contributed by atoms with Crippen LogP contribution in [-0.4, -0.2) is 42.5 Å². The highest BCUT2D eigenvalue weighted by Gasteiger charge is 2.41. The fourth-order valence-corrected chi connectivity index (χ4v) is 3.88. The zero-order valence-electron chi connectivity index (χ0n) is 15.8. The lowest BCUT2D eigenvalue weighted by Crippen LogP contribution is -2.37. The normalized spacial score (nSPS) is 14.6. The molecule has 0 atom stereocenters. The Kier molecular flexibility index (Phi) is 6.08. The number of thiophene rings is 1. The van der Waals surface area contributed by atoms with Crippen molar-refractivity contribution in [3.05, 3.63) is 58.4 Å². The summed E-state index contributed by atoms with van der Waals surface area (Å²) in [5.74, 6) is -0.513. The molecule has 1 aliphatic heterocycles. The lowest BCUT2D eigenvalue weighted by molar-refractivity contribution is -0.138. The summed E-state index contributed by atoms with van der Waals surface area (Å²) in [5, 5.41) is 1.92. The molecule has 0 saturated heterocycles. The van der Waals surface area contributed by atoms with Crippen LogP contribution in [0.5, 0.6) is 0 Å². The number of rotatable bonds is 8. The molecule has 0 saturated carbocycles. The molecule has 142 valence electrons. The Morgan fingerprint density at radius 1 is 1.07 bits per heavy atom. The second kappa shape index (κ2) is 8.50. The smallest absolute Gasteiger partial charge is 0.278 e. The predicted molar refractivity (Wildman–Crippen MR) is 109 cm³/mol. The van der Waals surface area contributed by atoms with Crippen LogP contribution in [0.15, 0.2) is 53.5 Å². The molecular formula is C21H24N2O3S. The van der Waals surface area contributed by atoms with E-state index in [1.807, 2.05) is 73.5 Å². The third-order valence-corrected chi connectivity index (χ3v) is 5.22. The van der Waals surface area contributed by atoms with Gasteiger partial charge in [0.15, 0.2) is 0 Å². The summed E-state index contributed by atoms with van der Waals surface area (Å²) in [5.41, 5.74) is 1.82. The first kappa shape index (κ1) is 19.3. The zero-order chi connectivity index (χ0) is 19.4. The minimum atomic E-state index is -0.263. The van der Waals surface area contributed by atoms with E-state index in [1.54, 1.807) is 0 Å². The summed E-state index contributed by atoms with van der Waals surface area (Å²) in [6.07, 6.45) is 0.0541. The number of likely N-dealkylation sites (N-methyl/N-ethyl adjacent to an activating group) is 1. The third kappa shape index (κ3) is 3.96. The number of ether oxygens (including phenoxy) is 1. The Morgan fingerprint density at radius 3 is 2.41 bits per heavy atom. The Balaban J connectivity index is 2.00. The molecule has 3 rings (SSSR count). The summed E-state index contributed by atoms with van der Waals surface area (Å²) in [6.45, 7) is 7.02. The van der Waals surface area contributed by atoms with E-state index in [4.69, 9.17) is 4.74 Å². The number of benzene rings is 1. The van der Waals surface area contributed by atoms with Gasteiger partial charge in [-0.25, -0.2) is 0 Å². The van der Waals surface area contributed by atoms with Crippen molar-refractivity contribution in [2.24, 2.45) is 0 Å². The number of amides is 2. The van der Waals surface area contributed by atoms with Crippen LogP contribution in [0.2, 0.25) is 0 Å². The number of imide groups is 1. The molecule has 5 nitrogen and oxygen atoms in total. The van der Waals surface area contributed by atoms with Gasteiger partial charge in [-0.3, -0.25) is 14.5 Å². The van der Waals surface area contributed by atoms with E-state index < -0.39 is 0 Å². The van der Waals surface area contributed by atoms with Gasteiger partial charge in [0.2, 0.25) is 0 Å². The number of nitrogens with zero attached hydrogens (tertiary/aromatic N) is 2. The molecule has 6 heteroatoms. The van der Waals surface area contributed by atoms with E-state index in [-0.39, 0.29) is 24.5 Å². The van der Waals surface area contributed by atoms with Gasteiger partial charge in [0.05, 0.1) is 24.8 Å². The Bertz CT molecular complexity index is 828. The molecule has 0 fully saturated rings. The Labute approximate surface area is 163 Å². The van der Waals surface area contributed by atoms with Crippen molar-refractivity contribution in [2.75, 3.05) is 24.6 Å². The van der Waals surface area contributed by atoms with Gasteiger partial charge in [0.25, 0.3) is 11.8 Å². The van der Waals surface area contributed by atoms with Crippen LogP contribution in [0.25, 0.3) is 5.57 Å². The number of carbonyl (C=O) groups is 2. The van der Waals surface area contributed by atoms with E-state index in [2.05, 4.69) is 0 Å². The fourth-order valence-electron chi connectivity index (χ4n) is 3.12. The summed E-state index contributed by atoms with van der Waals surface area (Å²) in [7, 11) is 0. The van der Waals surface area contributed by atoms with E-state index in [1.165, 1.54) is 16.2 Å². The third-order valence-electron chi connectivity index (χ3n) is 4.33. The van der Waals surface area contributed by atoms with E-state index in [9.17, 15) is 9.59 Å². The molecule has 1 aromatic carbocycles. The summed E-state index contributed by atoms with van der Waals surface area (Å²) in [6, 6.07) is 13.5. The first-order valence-corrected chi connectivity index (χ1v) is 10.0. The number of hydrogen-bond donors (Lipinski definition) is 0. The molecule has 0 aliphatic carbocycles. The molecule has 27 heavy (non-hydrogen) atoms. The molecule has 1 aliphatic rings. The van der Waals surface area contributed by atoms with Crippen LogP contribution in [0.1, 0.15) is 25.6 Å². The predicted octanol–water partition coefficient (Wildman–Crippen LogP) is 3.78. The van der Waals surface area contributed by atoms with Crippen LogP contribution in [-0.2, 0) is 14.3 Å². The molecule has 0 unspecified atom stereocenters. The first-order chi connectivity index (χ1) is 13.0. The largest absolute Gasteiger partial charge is 0.377 e. The molecule has 2 aromatic rings. The Morgan fingerprint density at radius 2 is 1.81 bits per heavy atom. The van der Waals surface area contributed by atoms with E-state index in [0.717, 1.165) is 10.6 Å². The van der Waals surface area contributed by atoms with Gasteiger partial charge in [-0.05, 0) is 44.4 Å². The number of carbonyl (C=O) groups excluding carboxylic acids is 2. The van der Waals surface area contributed by atoms with Crippen molar-refractivity contribution in [3.8, 4) is 0 Å². The number of para-hydroxylation sites is 1. The number of hydrogen-bond acceptors (Lipinski definition) is 5. The van der Waals surface area contributed by atoms with E-state index >= 15 is 0 Å². The summed E-state index contributed by atoms with van der Waals surface area (Å²) in [4.78, 5) is 30.4. The van der Waals surface area contributed by atoms with Crippen molar-refractivity contribution < 1.29 is 14.3 Å². The topological polar surface area (TPSA) is 49.9 Å². The van der Waals surface area contributed by atoms with Crippen molar-refractivity contribution in [2.45, 2.75) is 26.9 Å². The number of anilines is 1. The average Bonchev–Trinajstić information content (AvgIpc) is 3.26. The molecule has 1 aromatic heterocycles. The maximum atomic E-state index is 13.2. The standard InChI is InChI=1S/C21H24N2O3S/c1-4-22(16-9-6-5-7-10-16)19-18(17-11-8-14-27-17)20(24)23(21(19)25)12-13-26-15(2)3/h5-11,14-15H,4,12-13H2,1-3H3. The van der Waals surface area contributed by atoms with Crippen LogP contribution in [0.4, 0.5) is 5.69 Å². The Hall–Kier alpha value is -2.44. The average molecular weight is 385 g/mol. The summed E-state index contributed by atoms with van der Waals surface area (Å²) >= 11 is 1.47. The lowest BCUT2D eigenvalue weighted by Gasteiger charge is -2.24. The van der Waals surface area contributed by atoms with Crippen molar-refractivity contribution in [1.29, 1.82) is 0 Å². The first-order valence-electron chi connectivity index (χ1n) is 9.13.